The average molecular weight is 272 g/mol. The number of hydrogen-bond donors (Lipinski definition) is 0. The lowest BCUT2D eigenvalue weighted by Gasteiger charge is -2.24. The monoisotopic (exact) mass is 272 g/mol. The van der Waals surface area contributed by atoms with Gasteiger partial charge in [-0.1, -0.05) is 6.42 Å². The first kappa shape index (κ1) is 11.7. The second kappa shape index (κ2) is 4.50. The van der Waals surface area contributed by atoms with Gasteiger partial charge < -0.3 is 0 Å². The van der Waals surface area contributed by atoms with Gasteiger partial charge in [0.05, 0.1) is 24.6 Å². The summed E-state index contributed by atoms with van der Waals surface area (Å²) in [6, 6.07) is 2.08. The molecular formula is C13H16N6O. The zero-order valence-corrected chi connectivity index (χ0v) is 11.1. The molecule has 0 atom stereocenters. The fourth-order valence-electron chi connectivity index (χ4n) is 2.56. The van der Waals surface area contributed by atoms with Crippen molar-refractivity contribution >= 4 is 0 Å². The summed E-state index contributed by atoms with van der Waals surface area (Å²) in [5, 5.41) is 11.7. The van der Waals surface area contributed by atoms with E-state index in [-0.39, 0.29) is 5.56 Å². The van der Waals surface area contributed by atoms with Crippen molar-refractivity contribution < 1.29 is 0 Å². The molecule has 0 saturated heterocycles. The van der Waals surface area contributed by atoms with Crippen LogP contribution in [0, 0.1) is 0 Å². The van der Waals surface area contributed by atoms with Crippen LogP contribution in [-0.2, 0) is 6.54 Å². The van der Waals surface area contributed by atoms with Gasteiger partial charge in [0.25, 0.3) is 5.56 Å². The summed E-state index contributed by atoms with van der Waals surface area (Å²) >= 11 is 0. The largest absolute Gasteiger partial charge is 0.291 e. The molecule has 20 heavy (non-hydrogen) atoms. The summed E-state index contributed by atoms with van der Waals surface area (Å²) in [5.74, 6) is 1.21. The SMILES string of the molecule is O=c1cc(C2CCC2)ncn1Cc1nnnn1C1CC1. The molecule has 0 aliphatic heterocycles. The van der Waals surface area contributed by atoms with Crippen LogP contribution in [0.3, 0.4) is 0 Å². The standard InChI is InChI=1S/C13H16N6O/c20-13-6-11(9-2-1-3-9)14-8-18(13)7-12-15-16-17-19(12)10-4-5-10/h6,8-10H,1-5,7H2. The zero-order valence-electron chi connectivity index (χ0n) is 11.1. The minimum atomic E-state index is -0.0211. The lowest BCUT2D eigenvalue weighted by molar-refractivity contribution is 0.408. The average Bonchev–Trinajstić information content (AvgIpc) is 3.11. The van der Waals surface area contributed by atoms with E-state index < -0.39 is 0 Å². The Kier molecular flexibility index (Phi) is 2.64. The highest BCUT2D eigenvalue weighted by Gasteiger charge is 2.28. The van der Waals surface area contributed by atoms with E-state index in [1.165, 1.54) is 6.42 Å². The fraction of sp³-hybridized carbons (Fsp3) is 0.615. The number of nitrogens with zero attached hydrogens (tertiary/aromatic N) is 6. The number of rotatable bonds is 4. The molecule has 0 unspecified atom stereocenters. The molecule has 0 N–H and O–H groups in total. The second-order valence-corrected chi connectivity index (χ2v) is 5.68. The Balaban J connectivity index is 1.58. The van der Waals surface area contributed by atoms with Crippen LogP contribution in [-0.4, -0.2) is 29.8 Å². The Hall–Kier alpha value is -2.05. The van der Waals surface area contributed by atoms with Gasteiger partial charge in [-0.05, 0) is 36.1 Å². The molecule has 2 aromatic rings. The van der Waals surface area contributed by atoms with E-state index in [2.05, 4.69) is 20.5 Å². The van der Waals surface area contributed by atoms with Crippen molar-refractivity contribution in [1.29, 1.82) is 0 Å². The van der Waals surface area contributed by atoms with Gasteiger partial charge in [-0.3, -0.25) is 9.36 Å². The molecule has 0 amide bonds. The molecule has 2 aliphatic carbocycles. The van der Waals surface area contributed by atoms with Crippen molar-refractivity contribution in [3.05, 3.63) is 34.3 Å². The van der Waals surface area contributed by atoms with Crippen LogP contribution in [0.2, 0.25) is 0 Å². The van der Waals surface area contributed by atoms with Gasteiger partial charge in [0.1, 0.15) is 0 Å². The predicted molar refractivity (Wildman–Crippen MR) is 70.3 cm³/mol. The van der Waals surface area contributed by atoms with E-state index >= 15 is 0 Å². The lowest BCUT2D eigenvalue weighted by Crippen LogP contribution is -2.24. The second-order valence-electron chi connectivity index (χ2n) is 5.68. The Morgan fingerprint density at radius 2 is 2.10 bits per heavy atom. The van der Waals surface area contributed by atoms with Crippen molar-refractivity contribution in [2.24, 2.45) is 0 Å². The number of tetrazole rings is 1. The molecule has 104 valence electrons. The van der Waals surface area contributed by atoms with Gasteiger partial charge in [-0.25, -0.2) is 9.67 Å². The first-order valence-corrected chi connectivity index (χ1v) is 7.14. The molecule has 2 fully saturated rings. The molecule has 2 heterocycles. The first-order valence-electron chi connectivity index (χ1n) is 7.14. The third kappa shape index (κ3) is 2.03. The lowest BCUT2D eigenvalue weighted by atomic mass is 9.83. The van der Waals surface area contributed by atoms with Crippen LogP contribution in [0.15, 0.2) is 17.2 Å². The molecule has 0 radical (unpaired) electrons. The van der Waals surface area contributed by atoms with Crippen LogP contribution < -0.4 is 5.56 Å². The van der Waals surface area contributed by atoms with Crippen LogP contribution in [0.4, 0.5) is 0 Å². The Bertz CT molecular complexity index is 682. The van der Waals surface area contributed by atoms with E-state index in [9.17, 15) is 4.79 Å². The quantitative estimate of drug-likeness (QED) is 0.825. The van der Waals surface area contributed by atoms with Gasteiger partial charge in [0, 0.05) is 12.0 Å². The summed E-state index contributed by atoms with van der Waals surface area (Å²) in [4.78, 5) is 16.6. The van der Waals surface area contributed by atoms with Crippen LogP contribution in [0.1, 0.15) is 55.6 Å². The Morgan fingerprint density at radius 1 is 1.25 bits per heavy atom. The normalized spacial score (nSPS) is 19.0. The minimum Gasteiger partial charge on any atom is -0.291 e. The zero-order chi connectivity index (χ0) is 13.5. The Labute approximate surface area is 115 Å². The van der Waals surface area contributed by atoms with Gasteiger partial charge >= 0.3 is 0 Å². The Morgan fingerprint density at radius 3 is 2.75 bits per heavy atom. The van der Waals surface area contributed by atoms with E-state index in [4.69, 9.17) is 0 Å². The van der Waals surface area contributed by atoms with Crippen molar-refractivity contribution in [2.45, 2.75) is 50.6 Å². The molecule has 0 spiro atoms. The molecule has 0 bridgehead atoms. The first-order chi connectivity index (χ1) is 9.81. The maximum absolute atomic E-state index is 12.2. The molecule has 7 nitrogen and oxygen atoms in total. The highest BCUT2D eigenvalue weighted by Crippen LogP contribution is 2.35. The van der Waals surface area contributed by atoms with Gasteiger partial charge in [0.2, 0.25) is 0 Å². The molecule has 4 rings (SSSR count). The van der Waals surface area contributed by atoms with Gasteiger partial charge in [-0.2, -0.15) is 0 Å². The van der Waals surface area contributed by atoms with Gasteiger partial charge in [0.15, 0.2) is 5.82 Å². The third-order valence-corrected chi connectivity index (χ3v) is 4.19. The van der Waals surface area contributed by atoms with E-state index in [1.54, 1.807) is 17.0 Å². The predicted octanol–water partition coefficient (Wildman–Crippen LogP) is 0.880. The molecular weight excluding hydrogens is 256 g/mol. The molecule has 0 aromatic carbocycles. The van der Waals surface area contributed by atoms with Gasteiger partial charge in [-0.15, -0.1) is 5.10 Å². The molecule has 2 aliphatic rings. The summed E-state index contributed by atoms with van der Waals surface area (Å²) in [6.45, 7) is 0.389. The highest BCUT2D eigenvalue weighted by molar-refractivity contribution is 5.10. The van der Waals surface area contributed by atoms with Crippen LogP contribution in [0.25, 0.3) is 0 Å². The van der Waals surface area contributed by atoms with E-state index in [0.717, 1.165) is 37.2 Å². The molecule has 7 heteroatoms. The maximum Gasteiger partial charge on any atom is 0.253 e. The van der Waals surface area contributed by atoms with Crippen LogP contribution in [0.5, 0.6) is 0 Å². The van der Waals surface area contributed by atoms with Crippen molar-refractivity contribution in [2.75, 3.05) is 0 Å². The number of hydrogen-bond acceptors (Lipinski definition) is 5. The fourth-order valence-corrected chi connectivity index (χ4v) is 2.56. The summed E-state index contributed by atoms with van der Waals surface area (Å²) in [6.07, 6.45) is 7.40. The highest BCUT2D eigenvalue weighted by atomic mass is 16.1. The minimum absolute atomic E-state index is 0.0211. The summed E-state index contributed by atoms with van der Waals surface area (Å²) < 4.78 is 3.40. The van der Waals surface area contributed by atoms with E-state index in [1.807, 2.05) is 4.68 Å². The third-order valence-electron chi connectivity index (χ3n) is 4.19. The molecule has 2 aromatic heterocycles. The summed E-state index contributed by atoms with van der Waals surface area (Å²) in [7, 11) is 0. The topological polar surface area (TPSA) is 78.5 Å². The maximum atomic E-state index is 12.2. The van der Waals surface area contributed by atoms with Crippen LogP contribution >= 0.6 is 0 Å². The summed E-state index contributed by atoms with van der Waals surface area (Å²) in [5.41, 5.74) is 0.909. The molecule has 2 saturated carbocycles. The smallest absolute Gasteiger partial charge is 0.253 e. The van der Waals surface area contributed by atoms with Crippen molar-refractivity contribution in [3.8, 4) is 0 Å². The van der Waals surface area contributed by atoms with E-state index in [0.29, 0.717) is 18.5 Å². The van der Waals surface area contributed by atoms with Crippen molar-refractivity contribution in [1.82, 2.24) is 29.8 Å². The van der Waals surface area contributed by atoms with Crippen molar-refractivity contribution in [3.63, 3.8) is 0 Å². The number of aromatic nitrogens is 6.